The molecule has 0 saturated carbocycles. The number of nitrogens with one attached hydrogen (secondary N) is 2. The monoisotopic (exact) mass is 447 g/mol. The second kappa shape index (κ2) is 8.29. The topological polar surface area (TPSA) is 96.9 Å². The summed E-state index contributed by atoms with van der Waals surface area (Å²) in [5.74, 6) is 0.733. The van der Waals surface area contributed by atoms with Crippen molar-refractivity contribution in [2.75, 3.05) is 34.9 Å². The molecule has 0 saturated heterocycles. The number of ether oxygens (including phenoxy) is 2. The van der Waals surface area contributed by atoms with Crippen molar-refractivity contribution in [2.45, 2.75) is 6.04 Å². The van der Waals surface area contributed by atoms with E-state index >= 15 is 4.39 Å². The Bertz CT molecular complexity index is 1220. The summed E-state index contributed by atoms with van der Waals surface area (Å²) in [6.07, 6.45) is 3.40. The van der Waals surface area contributed by atoms with Crippen LogP contribution in [0, 0.1) is 5.82 Å². The Morgan fingerprint density at radius 3 is 2.71 bits per heavy atom. The lowest BCUT2D eigenvalue weighted by atomic mass is 10.0. The summed E-state index contributed by atoms with van der Waals surface area (Å²) in [6, 6.07) is 1.60. The zero-order chi connectivity index (χ0) is 22.3. The highest BCUT2D eigenvalue weighted by Gasteiger charge is 2.28. The van der Waals surface area contributed by atoms with Crippen molar-refractivity contribution in [3.63, 3.8) is 0 Å². The Morgan fingerprint density at radius 2 is 2.10 bits per heavy atom. The molecule has 164 valence electrons. The van der Waals surface area contributed by atoms with E-state index in [-0.39, 0.29) is 16.8 Å². The number of halogens is 2. The lowest BCUT2D eigenvalue weighted by Crippen LogP contribution is -2.25. The van der Waals surface area contributed by atoms with Gasteiger partial charge in [0.15, 0.2) is 11.6 Å². The Kier molecular flexibility index (Phi) is 5.69. The van der Waals surface area contributed by atoms with Crippen molar-refractivity contribution in [1.82, 2.24) is 34.8 Å². The molecule has 9 nitrogen and oxygen atoms in total. The minimum atomic E-state index is -0.573. The van der Waals surface area contributed by atoms with Crippen molar-refractivity contribution in [3.8, 4) is 28.4 Å². The number of hydrogen-bond donors (Lipinski definition) is 2. The van der Waals surface area contributed by atoms with E-state index in [1.807, 2.05) is 19.0 Å². The predicted octanol–water partition coefficient (Wildman–Crippen LogP) is 3.40. The van der Waals surface area contributed by atoms with Gasteiger partial charge in [0.1, 0.15) is 16.6 Å². The van der Waals surface area contributed by atoms with E-state index in [0.29, 0.717) is 34.9 Å². The summed E-state index contributed by atoms with van der Waals surface area (Å²) in [4.78, 5) is 6.70. The van der Waals surface area contributed by atoms with Gasteiger partial charge in [-0.2, -0.15) is 10.2 Å². The van der Waals surface area contributed by atoms with Gasteiger partial charge in [-0.3, -0.25) is 15.1 Å². The smallest absolute Gasteiger partial charge is 0.198 e. The van der Waals surface area contributed by atoms with Gasteiger partial charge in [0.05, 0.1) is 37.2 Å². The van der Waals surface area contributed by atoms with Gasteiger partial charge in [-0.05, 0) is 20.2 Å². The Morgan fingerprint density at radius 1 is 1.32 bits per heavy atom. The van der Waals surface area contributed by atoms with E-state index in [0.717, 1.165) is 11.1 Å². The molecule has 0 amide bonds. The molecule has 1 atom stereocenters. The van der Waals surface area contributed by atoms with Gasteiger partial charge >= 0.3 is 0 Å². The Labute approximate surface area is 183 Å². The number of methoxy groups -OCH3 is 2. The van der Waals surface area contributed by atoms with E-state index in [2.05, 4.69) is 20.4 Å². The molecule has 0 aliphatic heterocycles. The third-order valence-corrected chi connectivity index (χ3v) is 5.66. The molecule has 2 N–H and O–H groups in total. The number of hydrogen-bond acceptors (Lipinski definition) is 6. The van der Waals surface area contributed by atoms with Gasteiger partial charge in [0, 0.05) is 36.9 Å². The molecule has 3 heterocycles. The SMILES string of the molecule is COC[C@@H](c1nc(-c2c(-c3cn[nH]c3)c3cc(OC)c(Cl)c(F)c3n2C)n[nH]1)N(C)C. The molecule has 0 aliphatic rings. The highest BCUT2D eigenvalue weighted by atomic mass is 35.5. The number of nitrogens with zero attached hydrogens (tertiary/aromatic N) is 5. The number of aryl methyl sites for hydroxylation is 1. The Hall–Kier alpha value is -2.95. The van der Waals surface area contributed by atoms with Crippen LogP contribution in [0.15, 0.2) is 18.5 Å². The fourth-order valence-corrected chi connectivity index (χ4v) is 3.99. The number of likely N-dealkylation sites (N-methyl/N-ethyl adjacent to an activating group) is 1. The quantitative estimate of drug-likeness (QED) is 0.450. The molecule has 1 aromatic carbocycles. The van der Waals surface area contributed by atoms with E-state index in [9.17, 15) is 0 Å². The molecule has 0 bridgehead atoms. The van der Waals surface area contributed by atoms with Gasteiger partial charge in [0.25, 0.3) is 0 Å². The highest BCUT2D eigenvalue weighted by molar-refractivity contribution is 6.33. The first kappa shape index (κ1) is 21.3. The van der Waals surface area contributed by atoms with E-state index in [1.165, 1.54) is 7.11 Å². The van der Waals surface area contributed by atoms with Crippen molar-refractivity contribution < 1.29 is 13.9 Å². The zero-order valence-electron chi connectivity index (χ0n) is 17.8. The van der Waals surface area contributed by atoms with Crippen molar-refractivity contribution in [1.29, 1.82) is 0 Å². The molecule has 4 rings (SSSR count). The van der Waals surface area contributed by atoms with E-state index < -0.39 is 5.82 Å². The minimum absolute atomic E-state index is 0.0793. The molecular formula is C20H23ClFN7O2. The summed E-state index contributed by atoms with van der Waals surface area (Å²) < 4.78 is 27.6. The first-order chi connectivity index (χ1) is 14.9. The van der Waals surface area contributed by atoms with Gasteiger partial charge in [-0.25, -0.2) is 9.37 Å². The van der Waals surface area contributed by atoms with Crippen molar-refractivity contribution in [2.24, 2.45) is 7.05 Å². The second-order valence-corrected chi connectivity index (χ2v) is 7.73. The maximum atomic E-state index is 15.3. The second-order valence-electron chi connectivity index (χ2n) is 7.35. The fourth-order valence-electron chi connectivity index (χ4n) is 3.77. The third-order valence-electron chi connectivity index (χ3n) is 5.31. The van der Waals surface area contributed by atoms with Gasteiger partial charge < -0.3 is 14.0 Å². The number of aromatic amines is 2. The molecule has 4 aromatic rings. The van der Waals surface area contributed by atoms with Crippen LogP contribution in [-0.4, -0.2) is 69.8 Å². The highest BCUT2D eigenvalue weighted by Crippen LogP contribution is 2.44. The number of fused-ring (bicyclic) bond motifs is 1. The standard InChI is InChI=1S/C20H23ClFN7O2/c1-28(2)12(9-30-4)19-25-20(27-26-19)18-14(10-7-23-24-8-10)11-6-13(31-5)15(21)16(22)17(11)29(18)3/h6-8,12H,9H2,1-5H3,(H,23,24)(H,25,26,27)/t12-/m0/s1. The average Bonchev–Trinajstić information content (AvgIpc) is 3.47. The molecule has 0 spiro atoms. The fraction of sp³-hybridized carbons (Fsp3) is 0.350. The summed E-state index contributed by atoms with van der Waals surface area (Å²) >= 11 is 6.20. The first-order valence-corrected chi connectivity index (χ1v) is 9.88. The molecule has 3 aromatic heterocycles. The van der Waals surface area contributed by atoms with Crippen LogP contribution in [0.5, 0.6) is 5.75 Å². The van der Waals surface area contributed by atoms with Crippen LogP contribution in [-0.2, 0) is 11.8 Å². The molecule has 31 heavy (non-hydrogen) atoms. The molecule has 0 unspecified atom stereocenters. The van der Waals surface area contributed by atoms with Gasteiger partial charge in [-0.1, -0.05) is 11.6 Å². The average molecular weight is 448 g/mol. The summed E-state index contributed by atoms with van der Waals surface area (Å²) in [5.41, 5.74) is 2.43. The third kappa shape index (κ3) is 3.46. The number of rotatable bonds is 7. The molecule has 0 fully saturated rings. The number of aromatic nitrogens is 6. The normalized spacial score (nSPS) is 12.8. The van der Waals surface area contributed by atoms with Crippen LogP contribution in [0.25, 0.3) is 33.5 Å². The maximum Gasteiger partial charge on any atom is 0.198 e. The van der Waals surface area contributed by atoms with Crippen LogP contribution in [0.3, 0.4) is 0 Å². The largest absolute Gasteiger partial charge is 0.495 e. The van der Waals surface area contributed by atoms with E-state index in [1.54, 1.807) is 37.2 Å². The van der Waals surface area contributed by atoms with Crippen LogP contribution >= 0.6 is 11.6 Å². The van der Waals surface area contributed by atoms with Crippen LogP contribution in [0.4, 0.5) is 4.39 Å². The van der Waals surface area contributed by atoms with Crippen LogP contribution in [0.1, 0.15) is 11.9 Å². The number of H-pyrrole nitrogens is 2. The minimum Gasteiger partial charge on any atom is -0.495 e. The lowest BCUT2D eigenvalue weighted by molar-refractivity contribution is 0.116. The van der Waals surface area contributed by atoms with Gasteiger partial charge in [0.2, 0.25) is 0 Å². The van der Waals surface area contributed by atoms with Crippen LogP contribution in [0.2, 0.25) is 5.02 Å². The van der Waals surface area contributed by atoms with Gasteiger partial charge in [-0.15, -0.1) is 0 Å². The van der Waals surface area contributed by atoms with Crippen molar-refractivity contribution >= 4 is 22.5 Å². The van der Waals surface area contributed by atoms with E-state index in [4.69, 9.17) is 26.1 Å². The molecule has 0 aliphatic carbocycles. The maximum absolute atomic E-state index is 15.3. The lowest BCUT2D eigenvalue weighted by Gasteiger charge is -2.20. The predicted molar refractivity (Wildman–Crippen MR) is 116 cm³/mol. The van der Waals surface area contributed by atoms with Crippen molar-refractivity contribution in [3.05, 3.63) is 35.1 Å². The molecule has 11 heteroatoms. The molecular weight excluding hydrogens is 425 g/mol. The first-order valence-electron chi connectivity index (χ1n) is 9.50. The summed E-state index contributed by atoms with van der Waals surface area (Å²) in [7, 11) is 8.70. The number of benzene rings is 1. The Balaban J connectivity index is 2.00. The molecule has 0 radical (unpaired) electrons. The zero-order valence-corrected chi connectivity index (χ0v) is 18.6. The van der Waals surface area contributed by atoms with Crippen LogP contribution < -0.4 is 4.74 Å². The summed E-state index contributed by atoms with van der Waals surface area (Å²) in [6.45, 7) is 0.437. The summed E-state index contributed by atoms with van der Waals surface area (Å²) in [5, 5.41) is 14.8.